The molecule has 3 aromatic rings. The predicted molar refractivity (Wildman–Crippen MR) is 104 cm³/mol. The SMILES string of the molecule is CCC1(C)CCN(c2cnc3c(-c4ccnc(N)c4Cl)n[nH]c3n2)CC1. The summed E-state index contributed by atoms with van der Waals surface area (Å²) in [4.78, 5) is 15.6. The molecule has 0 aliphatic carbocycles. The molecule has 0 unspecified atom stereocenters. The summed E-state index contributed by atoms with van der Waals surface area (Å²) in [7, 11) is 0. The van der Waals surface area contributed by atoms with Crippen molar-refractivity contribution in [3.8, 4) is 11.3 Å². The topological polar surface area (TPSA) is 96.6 Å². The Bertz CT molecular complexity index is 944. The lowest BCUT2D eigenvalue weighted by atomic mass is 9.78. The third-order valence-electron chi connectivity index (χ3n) is 5.58. The van der Waals surface area contributed by atoms with Gasteiger partial charge in [-0.1, -0.05) is 31.9 Å². The van der Waals surface area contributed by atoms with Crippen LogP contribution in [-0.4, -0.2) is 38.2 Å². The van der Waals surface area contributed by atoms with Gasteiger partial charge in [0.15, 0.2) is 5.65 Å². The van der Waals surface area contributed by atoms with Crippen molar-refractivity contribution in [2.24, 2.45) is 5.41 Å². The zero-order valence-electron chi connectivity index (χ0n) is 15.0. The van der Waals surface area contributed by atoms with E-state index >= 15 is 0 Å². The van der Waals surface area contributed by atoms with E-state index in [-0.39, 0.29) is 5.82 Å². The highest BCUT2D eigenvalue weighted by Gasteiger charge is 2.29. The number of aromatic amines is 1. The van der Waals surface area contributed by atoms with Crippen molar-refractivity contribution in [1.29, 1.82) is 0 Å². The summed E-state index contributed by atoms with van der Waals surface area (Å²) >= 11 is 6.28. The molecule has 4 rings (SSSR count). The molecule has 0 radical (unpaired) electrons. The molecule has 0 amide bonds. The van der Waals surface area contributed by atoms with Gasteiger partial charge in [0.05, 0.1) is 11.2 Å². The van der Waals surface area contributed by atoms with Crippen molar-refractivity contribution in [1.82, 2.24) is 25.1 Å². The second kappa shape index (κ2) is 6.39. The van der Waals surface area contributed by atoms with Gasteiger partial charge in [-0.3, -0.25) is 5.10 Å². The van der Waals surface area contributed by atoms with E-state index in [4.69, 9.17) is 22.3 Å². The van der Waals surface area contributed by atoms with Crippen molar-refractivity contribution in [2.45, 2.75) is 33.1 Å². The number of hydrogen-bond donors (Lipinski definition) is 2. The molecule has 0 atom stereocenters. The molecule has 0 bridgehead atoms. The molecule has 1 aliphatic rings. The first kappa shape index (κ1) is 17.0. The fourth-order valence-corrected chi connectivity index (χ4v) is 3.61. The second-order valence-corrected chi connectivity index (χ2v) is 7.58. The van der Waals surface area contributed by atoms with Gasteiger partial charge in [-0.15, -0.1) is 0 Å². The summed E-state index contributed by atoms with van der Waals surface area (Å²) in [6.45, 7) is 6.63. The van der Waals surface area contributed by atoms with Crippen LogP contribution in [0.15, 0.2) is 18.5 Å². The number of aromatic nitrogens is 5. The minimum Gasteiger partial charge on any atom is -0.382 e. The van der Waals surface area contributed by atoms with Crippen LogP contribution in [0.1, 0.15) is 33.1 Å². The van der Waals surface area contributed by atoms with E-state index in [2.05, 4.69) is 38.9 Å². The number of nitrogens with zero attached hydrogens (tertiary/aromatic N) is 5. The Labute approximate surface area is 157 Å². The Morgan fingerprint density at radius 1 is 1.31 bits per heavy atom. The molecule has 7 nitrogen and oxygen atoms in total. The molecule has 3 aromatic heterocycles. The van der Waals surface area contributed by atoms with E-state index in [1.54, 1.807) is 12.3 Å². The monoisotopic (exact) mass is 371 g/mol. The van der Waals surface area contributed by atoms with E-state index in [1.165, 1.54) is 19.3 Å². The highest BCUT2D eigenvalue weighted by Crippen LogP contribution is 2.36. The summed E-state index contributed by atoms with van der Waals surface area (Å²) in [5, 5.41) is 7.70. The summed E-state index contributed by atoms with van der Waals surface area (Å²) in [6, 6.07) is 1.78. The molecule has 26 heavy (non-hydrogen) atoms. The molecule has 1 aliphatic heterocycles. The number of pyridine rings is 1. The molecular formula is C18H22ClN7. The zero-order valence-corrected chi connectivity index (χ0v) is 15.7. The molecule has 4 heterocycles. The molecule has 8 heteroatoms. The van der Waals surface area contributed by atoms with Crippen molar-refractivity contribution >= 4 is 34.4 Å². The summed E-state index contributed by atoms with van der Waals surface area (Å²) in [5.74, 6) is 1.16. The first-order valence-electron chi connectivity index (χ1n) is 8.87. The Hall–Kier alpha value is -2.41. The van der Waals surface area contributed by atoms with Crippen LogP contribution in [0.2, 0.25) is 5.02 Å². The molecule has 0 aromatic carbocycles. The Morgan fingerprint density at radius 3 is 2.81 bits per heavy atom. The number of nitrogens with two attached hydrogens (primary N) is 1. The highest BCUT2D eigenvalue weighted by atomic mass is 35.5. The fourth-order valence-electron chi connectivity index (χ4n) is 3.41. The number of rotatable bonds is 3. The maximum Gasteiger partial charge on any atom is 0.177 e. The number of nitrogen functional groups attached to an aromatic ring is 1. The predicted octanol–water partition coefficient (Wildman–Crippen LogP) is 3.67. The molecule has 136 valence electrons. The first-order chi connectivity index (χ1) is 12.5. The van der Waals surface area contributed by atoms with E-state index in [0.29, 0.717) is 32.9 Å². The van der Waals surface area contributed by atoms with Gasteiger partial charge in [0.1, 0.15) is 22.8 Å². The van der Waals surface area contributed by atoms with Crippen molar-refractivity contribution in [3.63, 3.8) is 0 Å². The van der Waals surface area contributed by atoms with Crippen LogP contribution in [0.4, 0.5) is 11.6 Å². The van der Waals surface area contributed by atoms with Gasteiger partial charge in [-0.25, -0.2) is 15.0 Å². The van der Waals surface area contributed by atoms with Crippen molar-refractivity contribution in [3.05, 3.63) is 23.5 Å². The normalized spacial score (nSPS) is 17.0. The van der Waals surface area contributed by atoms with E-state index in [1.807, 2.05) is 6.20 Å². The fraction of sp³-hybridized carbons (Fsp3) is 0.444. The Kier molecular flexibility index (Phi) is 4.19. The van der Waals surface area contributed by atoms with Gasteiger partial charge in [-0.2, -0.15) is 5.10 Å². The van der Waals surface area contributed by atoms with Crippen LogP contribution in [0.3, 0.4) is 0 Å². The Morgan fingerprint density at radius 2 is 2.08 bits per heavy atom. The number of fused-ring (bicyclic) bond motifs is 1. The quantitative estimate of drug-likeness (QED) is 0.729. The van der Waals surface area contributed by atoms with Crippen LogP contribution in [-0.2, 0) is 0 Å². The smallest absolute Gasteiger partial charge is 0.177 e. The van der Waals surface area contributed by atoms with E-state index in [9.17, 15) is 0 Å². The molecule has 1 saturated heterocycles. The number of piperidine rings is 1. The van der Waals surface area contributed by atoms with Crippen LogP contribution in [0, 0.1) is 5.41 Å². The lowest BCUT2D eigenvalue weighted by molar-refractivity contribution is 0.238. The maximum atomic E-state index is 6.28. The van der Waals surface area contributed by atoms with Gasteiger partial charge >= 0.3 is 0 Å². The number of anilines is 2. The van der Waals surface area contributed by atoms with Gasteiger partial charge < -0.3 is 10.6 Å². The van der Waals surface area contributed by atoms with Crippen molar-refractivity contribution < 1.29 is 0 Å². The standard InChI is InChI=1S/C18H22ClN7/c1-3-18(2)5-8-26(9-6-18)12-10-22-15-14(24-25-17(15)23-12)11-4-7-21-16(20)13(11)19/h4,7,10H,3,5-6,8-9H2,1-2H3,(H2,20,21)(H,23,24,25). The van der Waals surface area contributed by atoms with E-state index < -0.39 is 0 Å². The highest BCUT2D eigenvalue weighted by molar-refractivity contribution is 6.35. The van der Waals surface area contributed by atoms with Crippen molar-refractivity contribution in [2.75, 3.05) is 23.7 Å². The van der Waals surface area contributed by atoms with Gasteiger partial charge in [0.25, 0.3) is 0 Å². The minimum absolute atomic E-state index is 0.275. The Balaban J connectivity index is 1.65. The minimum atomic E-state index is 0.275. The van der Waals surface area contributed by atoms with E-state index in [0.717, 1.165) is 18.9 Å². The van der Waals surface area contributed by atoms with Gasteiger partial charge in [-0.05, 0) is 24.3 Å². The maximum absolute atomic E-state index is 6.28. The van der Waals surface area contributed by atoms with Crippen LogP contribution >= 0.6 is 11.6 Å². The van der Waals surface area contributed by atoms with Crippen LogP contribution < -0.4 is 10.6 Å². The third-order valence-corrected chi connectivity index (χ3v) is 5.97. The summed E-state index contributed by atoms with van der Waals surface area (Å²) in [5.41, 5.74) is 8.90. The molecule has 3 N–H and O–H groups in total. The summed E-state index contributed by atoms with van der Waals surface area (Å²) in [6.07, 6.45) is 6.98. The summed E-state index contributed by atoms with van der Waals surface area (Å²) < 4.78 is 0. The lowest BCUT2D eigenvalue weighted by Gasteiger charge is -2.39. The number of nitrogens with one attached hydrogen (secondary N) is 1. The van der Waals surface area contributed by atoms with Gasteiger partial charge in [0.2, 0.25) is 0 Å². The largest absolute Gasteiger partial charge is 0.382 e. The number of hydrogen-bond acceptors (Lipinski definition) is 6. The van der Waals surface area contributed by atoms with Gasteiger partial charge in [0, 0.05) is 24.8 Å². The van der Waals surface area contributed by atoms with Crippen LogP contribution in [0.5, 0.6) is 0 Å². The third kappa shape index (κ3) is 2.86. The molecule has 1 fully saturated rings. The zero-order chi connectivity index (χ0) is 18.3. The number of halogens is 1. The van der Waals surface area contributed by atoms with Crippen LogP contribution in [0.25, 0.3) is 22.4 Å². The number of H-pyrrole nitrogens is 1. The second-order valence-electron chi connectivity index (χ2n) is 7.21. The molecule has 0 saturated carbocycles. The molecular weight excluding hydrogens is 350 g/mol. The first-order valence-corrected chi connectivity index (χ1v) is 9.25. The average Bonchev–Trinajstić information content (AvgIpc) is 3.07. The lowest BCUT2D eigenvalue weighted by Crippen LogP contribution is -2.38. The average molecular weight is 372 g/mol. The molecule has 0 spiro atoms.